The van der Waals surface area contributed by atoms with Crippen LogP contribution in [0.1, 0.15) is 15.9 Å². The second-order valence-electron chi connectivity index (χ2n) is 6.61. The Balaban J connectivity index is 1.77. The van der Waals surface area contributed by atoms with Crippen molar-refractivity contribution in [1.82, 2.24) is 0 Å². The monoisotopic (exact) mass is 412 g/mol. The van der Waals surface area contributed by atoms with Gasteiger partial charge in [-0.1, -0.05) is 29.8 Å². The third-order valence-electron chi connectivity index (χ3n) is 4.85. The van der Waals surface area contributed by atoms with Gasteiger partial charge in [0, 0.05) is 34.4 Å². The summed E-state index contributed by atoms with van der Waals surface area (Å²) in [7, 11) is -2.09. The molecule has 5 nitrogen and oxygen atoms in total. The third kappa shape index (κ3) is 2.95. The van der Waals surface area contributed by atoms with Crippen LogP contribution >= 0.6 is 11.6 Å². The fourth-order valence-corrected chi connectivity index (χ4v) is 4.97. The Bertz CT molecular complexity index is 1220. The number of carbonyl (C=O) groups is 1. The van der Waals surface area contributed by atoms with Crippen molar-refractivity contribution in [3.63, 3.8) is 0 Å². The Morgan fingerprint density at radius 3 is 2.50 bits per heavy atom. The molecule has 0 atom stereocenters. The van der Waals surface area contributed by atoms with E-state index in [0.717, 1.165) is 5.56 Å². The molecule has 7 heteroatoms. The van der Waals surface area contributed by atoms with Gasteiger partial charge >= 0.3 is 0 Å². The van der Waals surface area contributed by atoms with Crippen LogP contribution in [0, 0.1) is 6.92 Å². The van der Waals surface area contributed by atoms with Crippen LogP contribution in [0.3, 0.4) is 0 Å². The van der Waals surface area contributed by atoms with Crippen LogP contribution in [0.4, 0.5) is 11.4 Å². The van der Waals surface area contributed by atoms with Crippen LogP contribution in [-0.4, -0.2) is 21.4 Å². The van der Waals surface area contributed by atoms with Crippen LogP contribution in [-0.2, 0) is 10.0 Å². The van der Waals surface area contributed by atoms with Gasteiger partial charge in [0.2, 0.25) is 0 Å². The average molecular weight is 413 g/mol. The number of nitrogens with one attached hydrogen (secondary N) is 1. The van der Waals surface area contributed by atoms with E-state index in [1.54, 1.807) is 60.7 Å². The lowest BCUT2D eigenvalue weighted by Crippen LogP contribution is -2.30. The van der Waals surface area contributed by atoms with E-state index < -0.39 is 10.0 Å². The molecule has 4 rings (SSSR count). The standard InChI is InChI=1S/C21H17ClN2O3S/c1-13-11-15(22)8-9-18(13)23-21(25)14-7-10-19-17(12-14)16-5-3-4-6-20(16)28(26,27)24(19)2/h3-12H,1-2H3,(H,23,25). The van der Waals surface area contributed by atoms with E-state index in [1.807, 2.05) is 6.92 Å². The van der Waals surface area contributed by atoms with Gasteiger partial charge in [-0.2, -0.15) is 0 Å². The zero-order valence-electron chi connectivity index (χ0n) is 15.2. The molecule has 3 aromatic carbocycles. The topological polar surface area (TPSA) is 66.5 Å². The lowest BCUT2D eigenvalue weighted by molar-refractivity contribution is 0.102. The molecular formula is C21H17ClN2O3S. The summed E-state index contributed by atoms with van der Waals surface area (Å²) in [6.45, 7) is 1.87. The van der Waals surface area contributed by atoms with Gasteiger partial charge in [0.1, 0.15) is 0 Å². The smallest absolute Gasteiger partial charge is 0.264 e. The van der Waals surface area contributed by atoms with Gasteiger partial charge in [-0.05, 0) is 55.0 Å². The highest BCUT2D eigenvalue weighted by Gasteiger charge is 2.32. The van der Waals surface area contributed by atoms with Crippen molar-refractivity contribution in [1.29, 1.82) is 0 Å². The first-order valence-corrected chi connectivity index (χ1v) is 10.4. The van der Waals surface area contributed by atoms with Gasteiger partial charge in [-0.3, -0.25) is 9.10 Å². The number of fused-ring (bicyclic) bond motifs is 3. The summed E-state index contributed by atoms with van der Waals surface area (Å²) in [5, 5.41) is 3.48. The third-order valence-corrected chi connectivity index (χ3v) is 6.91. The summed E-state index contributed by atoms with van der Waals surface area (Å²) >= 11 is 5.97. The fraction of sp³-hybridized carbons (Fsp3) is 0.0952. The van der Waals surface area contributed by atoms with Gasteiger partial charge in [0.05, 0.1) is 10.6 Å². The van der Waals surface area contributed by atoms with E-state index in [4.69, 9.17) is 11.6 Å². The molecule has 1 amide bonds. The number of hydrogen-bond donors (Lipinski definition) is 1. The first kappa shape index (κ1) is 18.5. The predicted molar refractivity (Wildman–Crippen MR) is 112 cm³/mol. The number of benzene rings is 3. The SMILES string of the molecule is Cc1cc(Cl)ccc1NC(=O)c1ccc2c(c1)-c1ccccc1S(=O)(=O)N2C. The van der Waals surface area contributed by atoms with E-state index in [0.29, 0.717) is 33.1 Å². The number of halogens is 1. The van der Waals surface area contributed by atoms with Gasteiger partial charge in [-0.25, -0.2) is 8.42 Å². The number of aryl methyl sites for hydroxylation is 1. The largest absolute Gasteiger partial charge is 0.322 e. The van der Waals surface area contributed by atoms with E-state index >= 15 is 0 Å². The molecule has 28 heavy (non-hydrogen) atoms. The second kappa shape index (κ2) is 6.65. The molecule has 142 valence electrons. The summed E-state index contributed by atoms with van der Waals surface area (Å²) in [5.74, 6) is -0.276. The highest BCUT2D eigenvalue weighted by Crippen LogP contribution is 2.42. The first-order valence-electron chi connectivity index (χ1n) is 8.59. The Labute approximate surface area is 168 Å². The zero-order chi connectivity index (χ0) is 20.1. The molecule has 0 radical (unpaired) electrons. The van der Waals surface area contributed by atoms with Crippen molar-refractivity contribution in [3.05, 3.63) is 76.8 Å². The Morgan fingerprint density at radius 1 is 1.00 bits per heavy atom. The van der Waals surface area contributed by atoms with Gasteiger partial charge < -0.3 is 5.32 Å². The van der Waals surface area contributed by atoms with Crippen LogP contribution in [0.2, 0.25) is 5.02 Å². The van der Waals surface area contributed by atoms with Crippen LogP contribution in [0.5, 0.6) is 0 Å². The van der Waals surface area contributed by atoms with Crippen LogP contribution in [0.15, 0.2) is 65.6 Å². The summed E-state index contributed by atoms with van der Waals surface area (Å²) < 4.78 is 26.7. The number of anilines is 2. The minimum absolute atomic E-state index is 0.233. The molecule has 1 aliphatic rings. The molecule has 1 N–H and O–H groups in total. The molecule has 0 aliphatic carbocycles. The summed E-state index contributed by atoms with van der Waals surface area (Å²) in [4.78, 5) is 13.0. The fourth-order valence-electron chi connectivity index (χ4n) is 3.32. The van der Waals surface area contributed by atoms with Crippen molar-refractivity contribution >= 4 is 38.9 Å². The highest BCUT2D eigenvalue weighted by atomic mass is 35.5. The van der Waals surface area contributed by atoms with Crippen LogP contribution < -0.4 is 9.62 Å². The van der Waals surface area contributed by atoms with Crippen molar-refractivity contribution in [2.45, 2.75) is 11.8 Å². The number of hydrogen-bond acceptors (Lipinski definition) is 3. The summed E-state index contributed by atoms with van der Waals surface area (Å²) in [5.41, 5.74) is 3.80. The molecule has 0 spiro atoms. The van der Waals surface area contributed by atoms with Gasteiger partial charge in [0.15, 0.2) is 0 Å². The molecule has 1 heterocycles. The lowest BCUT2D eigenvalue weighted by atomic mass is 10.00. The van der Waals surface area contributed by atoms with Crippen molar-refractivity contribution in [2.24, 2.45) is 0 Å². The minimum atomic E-state index is -3.61. The molecule has 1 aliphatic heterocycles. The first-order chi connectivity index (χ1) is 13.3. The molecular weight excluding hydrogens is 396 g/mol. The molecule has 0 unspecified atom stereocenters. The number of rotatable bonds is 2. The Morgan fingerprint density at radius 2 is 1.75 bits per heavy atom. The van der Waals surface area contributed by atoms with Crippen molar-refractivity contribution < 1.29 is 13.2 Å². The van der Waals surface area contributed by atoms with Crippen molar-refractivity contribution in [3.8, 4) is 11.1 Å². The summed E-state index contributed by atoms with van der Waals surface area (Å²) in [6, 6.07) is 17.1. The quantitative estimate of drug-likeness (QED) is 0.663. The predicted octanol–water partition coefficient (Wildman–Crippen LogP) is 4.71. The zero-order valence-corrected chi connectivity index (χ0v) is 16.8. The molecule has 0 bridgehead atoms. The normalized spacial score (nSPS) is 14.2. The minimum Gasteiger partial charge on any atom is -0.322 e. The maximum Gasteiger partial charge on any atom is 0.264 e. The average Bonchev–Trinajstić information content (AvgIpc) is 2.68. The van der Waals surface area contributed by atoms with E-state index in [1.165, 1.54) is 11.4 Å². The maximum absolute atomic E-state index is 12.8. The van der Waals surface area contributed by atoms with Crippen LogP contribution in [0.25, 0.3) is 11.1 Å². The van der Waals surface area contributed by atoms with E-state index in [2.05, 4.69) is 5.32 Å². The molecule has 3 aromatic rings. The number of amides is 1. The summed E-state index contributed by atoms with van der Waals surface area (Å²) in [6.07, 6.45) is 0. The molecule has 0 aromatic heterocycles. The number of carbonyl (C=O) groups excluding carboxylic acids is 1. The number of sulfonamides is 1. The molecule has 0 saturated heterocycles. The van der Waals surface area contributed by atoms with E-state index in [9.17, 15) is 13.2 Å². The molecule has 0 fully saturated rings. The molecule has 0 saturated carbocycles. The number of nitrogens with zero attached hydrogens (tertiary/aromatic N) is 1. The van der Waals surface area contributed by atoms with E-state index in [-0.39, 0.29) is 10.8 Å². The van der Waals surface area contributed by atoms with Crippen molar-refractivity contribution in [2.75, 3.05) is 16.7 Å². The maximum atomic E-state index is 12.8. The lowest BCUT2D eigenvalue weighted by Gasteiger charge is -2.29. The van der Waals surface area contributed by atoms with Gasteiger partial charge in [0.25, 0.3) is 15.9 Å². The van der Waals surface area contributed by atoms with Gasteiger partial charge in [-0.15, -0.1) is 0 Å². The Hall–Kier alpha value is -2.83. The Kier molecular flexibility index (Phi) is 4.40. The highest BCUT2D eigenvalue weighted by molar-refractivity contribution is 7.93. The second-order valence-corrected chi connectivity index (χ2v) is 8.99.